The summed E-state index contributed by atoms with van der Waals surface area (Å²) < 4.78 is 0. The molecule has 2 aromatic carbocycles. The van der Waals surface area contributed by atoms with Crippen molar-refractivity contribution in [1.82, 2.24) is 0 Å². The molecular weight excluding hydrogens is 248 g/mol. The summed E-state index contributed by atoms with van der Waals surface area (Å²) in [4.78, 5) is 10.8. The van der Waals surface area contributed by atoms with Crippen molar-refractivity contribution in [3.63, 3.8) is 0 Å². The van der Waals surface area contributed by atoms with Crippen LogP contribution < -0.4 is 0 Å². The normalized spacial score (nSPS) is 12.1. The zero-order chi connectivity index (χ0) is 13.1. The van der Waals surface area contributed by atoms with Crippen molar-refractivity contribution in [1.29, 1.82) is 0 Å². The van der Waals surface area contributed by atoms with Gasteiger partial charge in [-0.25, -0.2) is 0 Å². The van der Waals surface area contributed by atoms with Gasteiger partial charge in [-0.05, 0) is 23.6 Å². The predicted molar refractivity (Wildman–Crippen MR) is 72.8 cm³/mol. The molecule has 2 nitrogen and oxygen atoms in total. The molecule has 3 heteroatoms. The molecule has 1 atom stereocenters. The van der Waals surface area contributed by atoms with Gasteiger partial charge in [0.15, 0.2) is 5.38 Å². The van der Waals surface area contributed by atoms with Crippen LogP contribution in [0.5, 0.6) is 0 Å². The summed E-state index contributed by atoms with van der Waals surface area (Å²) in [6, 6.07) is 15.5. The lowest BCUT2D eigenvalue weighted by Crippen LogP contribution is -2.04. The minimum atomic E-state index is -1.03. The number of hydrogen-bond donors (Lipinski definition) is 1. The van der Waals surface area contributed by atoms with Crippen LogP contribution in [0.25, 0.3) is 11.1 Å². The zero-order valence-electron chi connectivity index (χ0n) is 9.93. The molecule has 0 heterocycles. The monoisotopic (exact) mass is 260 g/mol. The van der Waals surface area contributed by atoms with E-state index in [-0.39, 0.29) is 0 Å². The Morgan fingerprint density at radius 3 is 1.89 bits per heavy atom. The fourth-order valence-electron chi connectivity index (χ4n) is 1.73. The van der Waals surface area contributed by atoms with Gasteiger partial charge in [0, 0.05) is 0 Å². The number of aliphatic carboxylic acids is 1. The first-order valence-electron chi connectivity index (χ1n) is 5.62. The van der Waals surface area contributed by atoms with Gasteiger partial charge < -0.3 is 5.11 Å². The summed E-state index contributed by atoms with van der Waals surface area (Å²) in [5.41, 5.74) is 3.96. The Morgan fingerprint density at radius 2 is 1.44 bits per heavy atom. The van der Waals surface area contributed by atoms with E-state index >= 15 is 0 Å². The number of alkyl halides is 1. The van der Waals surface area contributed by atoms with E-state index < -0.39 is 11.3 Å². The average molecular weight is 261 g/mol. The van der Waals surface area contributed by atoms with Crippen LogP contribution >= 0.6 is 11.6 Å². The molecule has 18 heavy (non-hydrogen) atoms. The lowest BCUT2D eigenvalue weighted by atomic mass is 10.0. The van der Waals surface area contributed by atoms with Crippen LogP contribution in [0.3, 0.4) is 0 Å². The molecule has 0 aliphatic heterocycles. The van der Waals surface area contributed by atoms with Gasteiger partial charge in [-0.2, -0.15) is 0 Å². The third-order valence-electron chi connectivity index (χ3n) is 2.81. The fraction of sp³-hybridized carbons (Fsp3) is 0.133. The first-order chi connectivity index (χ1) is 8.58. The van der Waals surface area contributed by atoms with Crippen molar-refractivity contribution < 1.29 is 9.90 Å². The Labute approximate surface area is 111 Å². The third-order valence-corrected chi connectivity index (χ3v) is 3.24. The highest BCUT2D eigenvalue weighted by Gasteiger charge is 2.15. The molecule has 0 aliphatic carbocycles. The fourth-order valence-corrected chi connectivity index (χ4v) is 1.88. The van der Waals surface area contributed by atoms with E-state index in [2.05, 4.69) is 0 Å². The summed E-state index contributed by atoms with van der Waals surface area (Å²) in [5.74, 6) is -1.03. The van der Waals surface area contributed by atoms with Crippen molar-refractivity contribution in [2.45, 2.75) is 12.3 Å². The van der Waals surface area contributed by atoms with Crippen molar-refractivity contribution in [3.05, 3.63) is 59.7 Å². The van der Waals surface area contributed by atoms with Crippen molar-refractivity contribution in [2.75, 3.05) is 0 Å². The van der Waals surface area contributed by atoms with Crippen LogP contribution in [0.1, 0.15) is 16.5 Å². The standard InChI is InChI=1S/C15H13ClO2/c1-10-2-4-11(5-3-10)12-6-8-13(9-7-12)14(16)15(17)18/h2-9,14H,1H3,(H,17,18). The SMILES string of the molecule is Cc1ccc(-c2ccc(C(Cl)C(=O)O)cc2)cc1. The maximum absolute atomic E-state index is 10.8. The summed E-state index contributed by atoms with van der Waals surface area (Å²) >= 11 is 5.76. The number of benzene rings is 2. The molecule has 0 amide bonds. The summed E-state index contributed by atoms with van der Waals surface area (Å²) in [6.45, 7) is 2.04. The molecule has 0 saturated carbocycles. The van der Waals surface area contributed by atoms with Gasteiger partial charge in [0.2, 0.25) is 0 Å². The van der Waals surface area contributed by atoms with Gasteiger partial charge in [-0.3, -0.25) is 4.79 Å². The number of rotatable bonds is 3. The first kappa shape index (κ1) is 12.7. The number of halogens is 1. The Hall–Kier alpha value is -1.80. The third kappa shape index (κ3) is 2.71. The summed E-state index contributed by atoms with van der Waals surface area (Å²) in [7, 11) is 0. The minimum Gasteiger partial charge on any atom is -0.480 e. The van der Waals surface area contributed by atoms with Gasteiger partial charge in [0.05, 0.1) is 0 Å². The van der Waals surface area contributed by atoms with Crippen LogP contribution in [0.2, 0.25) is 0 Å². The van der Waals surface area contributed by atoms with Crippen molar-refractivity contribution in [3.8, 4) is 11.1 Å². The molecular formula is C15H13ClO2. The molecule has 0 saturated heterocycles. The molecule has 0 aliphatic rings. The number of carbonyl (C=O) groups is 1. The number of carboxylic acid groups (broad SMARTS) is 1. The first-order valence-corrected chi connectivity index (χ1v) is 6.05. The van der Waals surface area contributed by atoms with E-state index in [0.29, 0.717) is 5.56 Å². The van der Waals surface area contributed by atoms with Gasteiger partial charge in [0.25, 0.3) is 0 Å². The van der Waals surface area contributed by atoms with Crippen molar-refractivity contribution >= 4 is 17.6 Å². The summed E-state index contributed by atoms with van der Waals surface area (Å²) in [5, 5.41) is 7.83. The largest absolute Gasteiger partial charge is 0.480 e. The summed E-state index contributed by atoms with van der Waals surface area (Å²) in [6.07, 6.45) is 0. The number of hydrogen-bond acceptors (Lipinski definition) is 1. The van der Waals surface area contributed by atoms with Gasteiger partial charge in [0.1, 0.15) is 0 Å². The molecule has 2 aromatic rings. The molecule has 2 rings (SSSR count). The van der Waals surface area contributed by atoms with Gasteiger partial charge in [-0.15, -0.1) is 11.6 Å². The molecule has 0 aromatic heterocycles. The van der Waals surface area contributed by atoms with E-state index in [9.17, 15) is 4.79 Å². The van der Waals surface area contributed by atoms with Crippen LogP contribution in [0.15, 0.2) is 48.5 Å². The zero-order valence-corrected chi connectivity index (χ0v) is 10.7. The lowest BCUT2D eigenvalue weighted by Gasteiger charge is -2.07. The molecule has 1 unspecified atom stereocenters. The maximum atomic E-state index is 10.8. The van der Waals surface area contributed by atoms with Crippen LogP contribution in [-0.4, -0.2) is 11.1 Å². The molecule has 0 radical (unpaired) electrons. The molecule has 0 fully saturated rings. The molecule has 92 valence electrons. The molecule has 1 N–H and O–H groups in total. The highest BCUT2D eigenvalue weighted by molar-refractivity contribution is 6.29. The van der Waals surface area contributed by atoms with Crippen LogP contribution in [0.4, 0.5) is 0 Å². The second-order valence-electron chi connectivity index (χ2n) is 4.19. The highest BCUT2D eigenvalue weighted by Crippen LogP contribution is 2.25. The molecule has 0 spiro atoms. The predicted octanol–water partition coefficient (Wildman–Crippen LogP) is 4.03. The van der Waals surface area contributed by atoms with Crippen molar-refractivity contribution in [2.24, 2.45) is 0 Å². The Balaban J connectivity index is 2.27. The Morgan fingerprint density at radius 1 is 1.00 bits per heavy atom. The van der Waals surface area contributed by atoms with Gasteiger partial charge >= 0.3 is 5.97 Å². The number of aryl methyl sites for hydroxylation is 1. The average Bonchev–Trinajstić information content (AvgIpc) is 2.39. The minimum absolute atomic E-state index is 0.597. The lowest BCUT2D eigenvalue weighted by molar-refractivity contribution is -0.136. The van der Waals surface area contributed by atoms with Crippen LogP contribution in [-0.2, 0) is 4.79 Å². The Bertz CT molecular complexity index is 544. The second kappa shape index (κ2) is 5.23. The van der Waals surface area contributed by atoms with E-state index in [1.54, 1.807) is 12.1 Å². The maximum Gasteiger partial charge on any atom is 0.326 e. The quantitative estimate of drug-likeness (QED) is 0.846. The smallest absolute Gasteiger partial charge is 0.326 e. The van der Waals surface area contributed by atoms with E-state index in [1.165, 1.54) is 5.56 Å². The Kier molecular flexibility index (Phi) is 3.68. The number of carboxylic acids is 1. The van der Waals surface area contributed by atoms with E-state index in [4.69, 9.17) is 16.7 Å². The second-order valence-corrected chi connectivity index (χ2v) is 4.63. The van der Waals surface area contributed by atoms with E-state index in [0.717, 1.165) is 11.1 Å². The highest BCUT2D eigenvalue weighted by atomic mass is 35.5. The van der Waals surface area contributed by atoms with E-state index in [1.807, 2.05) is 43.3 Å². The van der Waals surface area contributed by atoms with Crippen LogP contribution in [0, 0.1) is 6.92 Å². The van der Waals surface area contributed by atoms with Gasteiger partial charge in [-0.1, -0.05) is 54.1 Å². The topological polar surface area (TPSA) is 37.3 Å². The molecule has 0 bridgehead atoms.